The highest BCUT2D eigenvalue weighted by Crippen LogP contribution is 2.23. The molecule has 8 heteroatoms. The SMILES string of the molecule is Cc1ccc(C(=O)NCC(=O)Nc2ncc(Cc3ccc(Br)c(C)c3)s2)s1. The minimum Gasteiger partial charge on any atom is -0.342 e. The predicted molar refractivity (Wildman–Crippen MR) is 114 cm³/mol. The van der Waals surface area contributed by atoms with Crippen molar-refractivity contribution in [3.63, 3.8) is 0 Å². The van der Waals surface area contributed by atoms with Crippen LogP contribution in [-0.4, -0.2) is 23.3 Å². The van der Waals surface area contributed by atoms with Gasteiger partial charge in [-0.05, 0) is 43.2 Å². The van der Waals surface area contributed by atoms with E-state index in [0.29, 0.717) is 10.0 Å². The lowest BCUT2D eigenvalue weighted by Gasteiger charge is -2.04. The van der Waals surface area contributed by atoms with Gasteiger partial charge in [-0.15, -0.1) is 22.7 Å². The predicted octanol–water partition coefficient (Wildman–Crippen LogP) is 4.54. The molecule has 2 amide bonds. The number of hydrogen-bond acceptors (Lipinski definition) is 5. The van der Waals surface area contributed by atoms with Crippen molar-refractivity contribution in [1.29, 1.82) is 0 Å². The van der Waals surface area contributed by atoms with Gasteiger partial charge in [0.15, 0.2) is 5.13 Å². The zero-order chi connectivity index (χ0) is 19.4. The summed E-state index contributed by atoms with van der Waals surface area (Å²) < 4.78 is 1.09. The zero-order valence-electron chi connectivity index (χ0n) is 14.8. The van der Waals surface area contributed by atoms with E-state index >= 15 is 0 Å². The molecular formula is C19H18BrN3O2S2. The number of carbonyl (C=O) groups excluding carboxylic acids is 2. The van der Waals surface area contributed by atoms with Gasteiger partial charge in [-0.25, -0.2) is 4.98 Å². The van der Waals surface area contributed by atoms with E-state index in [9.17, 15) is 9.59 Å². The van der Waals surface area contributed by atoms with Crippen molar-refractivity contribution in [3.05, 3.63) is 66.8 Å². The van der Waals surface area contributed by atoms with Crippen molar-refractivity contribution in [2.24, 2.45) is 0 Å². The Morgan fingerprint density at radius 3 is 2.67 bits per heavy atom. The van der Waals surface area contributed by atoms with Crippen molar-refractivity contribution in [2.45, 2.75) is 20.3 Å². The number of amides is 2. The van der Waals surface area contributed by atoms with Crippen molar-refractivity contribution in [2.75, 3.05) is 11.9 Å². The van der Waals surface area contributed by atoms with Gasteiger partial charge in [0, 0.05) is 26.8 Å². The smallest absolute Gasteiger partial charge is 0.261 e. The van der Waals surface area contributed by atoms with Crippen LogP contribution in [0.3, 0.4) is 0 Å². The molecule has 2 aromatic heterocycles. The molecule has 0 unspecified atom stereocenters. The molecule has 0 atom stereocenters. The van der Waals surface area contributed by atoms with Crippen LogP contribution in [0.4, 0.5) is 5.13 Å². The minimum absolute atomic E-state index is 0.0867. The highest BCUT2D eigenvalue weighted by molar-refractivity contribution is 9.10. The van der Waals surface area contributed by atoms with Gasteiger partial charge < -0.3 is 10.6 Å². The van der Waals surface area contributed by atoms with E-state index in [1.54, 1.807) is 12.3 Å². The van der Waals surface area contributed by atoms with Crippen LogP contribution in [0.15, 0.2) is 41.0 Å². The maximum Gasteiger partial charge on any atom is 0.261 e. The standard InChI is InChI=1S/C19H18BrN3O2S2/c1-11-7-13(4-5-15(11)20)8-14-9-22-19(27-14)23-17(24)10-21-18(25)16-6-3-12(2)26-16/h3-7,9H,8,10H2,1-2H3,(H,21,25)(H,22,23,24). The summed E-state index contributed by atoms with van der Waals surface area (Å²) in [6.07, 6.45) is 2.53. The highest BCUT2D eigenvalue weighted by atomic mass is 79.9. The number of nitrogens with one attached hydrogen (secondary N) is 2. The third-order valence-corrected chi connectivity index (χ3v) is 6.58. The Morgan fingerprint density at radius 1 is 1.15 bits per heavy atom. The van der Waals surface area contributed by atoms with Crippen LogP contribution in [-0.2, 0) is 11.2 Å². The highest BCUT2D eigenvalue weighted by Gasteiger charge is 2.11. The molecule has 0 aliphatic carbocycles. The summed E-state index contributed by atoms with van der Waals surface area (Å²) in [5, 5.41) is 5.89. The number of aryl methyl sites for hydroxylation is 2. The Balaban J connectivity index is 1.51. The summed E-state index contributed by atoms with van der Waals surface area (Å²) in [6, 6.07) is 9.86. The number of benzene rings is 1. The van der Waals surface area contributed by atoms with Crippen molar-refractivity contribution < 1.29 is 9.59 Å². The Hall–Kier alpha value is -2.03. The average Bonchev–Trinajstić information content (AvgIpc) is 3.25. The first kappa shape index (κ1) is 19.7. The van der Waals surface area contributed by atoms with E-state index in [1.807, 2.05) is 19.1 Å². The third kappa shape index (κ3) is 5.47. The van der Waals surface area contributed by atoms with Gasteiger partial charge in [0.2, 0.25) is 5.91 Å². The topological polar surface area (TPSA) is 71.1 Å². The first-order chi connectivity index (χ1) is 12.9. The van der Waals surface area contributed by atoms with Crippen LogP contribution in [0.1, 0.15) is 30.6 Å². The summed E-state index contributed by atoms with van der Waals surface area (Å²) in [7, 11) is 0. The van der Waals surface area contributed by atoms with E-state index in [-0.39, 0.29) is 18.4 Å². The van der Waals surface area contributed by atoms with E-state index < -0.39 is 0 Å². The molecule has 0 aliphatic heterocycles. The number of halogens is 1. The second kappa shape index (κ2) is 8.77. The first-order valence-electron chi connectivity index (χ1n) is 8.25. The minimum atomic E-state index is -0.294. The second-order valence-electron chi connectivity index (χ2n) is 6.03. The molecule has 5 nitrogen and oxygen atoms in total. The number of rotatable bonds is 6. The molecular weight excluding hydrogens is 446 g/mol. The first-order valence-corrected chi connectivity index (χ1v) is 10.7. The van der Waals surface area contributed by atoms with E-state index in [4.69, 9.17) is 0 Å². The van der Waals surface area contributed by atoms with Gasteiger partial charge in [-0.2, -0.15) is 0 Å². The van der Waals surface area contributed by atoms with Crippen LogP contribution in [0.2, 0.25) is 0 Å². The van der Waals surface area contributed by atoms with E-state index in [0.717, 1.165) is 20.6 Å². The largest absolute Gasteiger partial charge is 0.342 e. The fraction of sp³-hybridized carbons (Fsp3) is 0.211. The Bertz CT molecular complexity index is 981. The van der Waals surface area contributed by atoms with Gasteiger partial charge in [-0.3, -0.25) is 9.59 Å². The van der Waals surface area contributed by atoms with Crippen molar-refractivity contribution in [1.82, 2.24) is 10.3 Å². The number of hydrogen-bond donors (Lipinski definition) is 2. The van der Waals surface area contributed by atoms with Crippen molar-refractivity contribution in [3.8, 4) is 0 Å². The molecule has 0 fully saturated rings. The maximum absolute atomic E-state index is 12.0. The summed E-state index contributed by atoms with van der Waals surface area (Å²) in [4.78, 5) is 31.0. The number of anilines is 1. The van der Waals surface area contributed by atoms with Gasteiger partial charge in [0.1, 0.15) is 0 Å². The summed E-state index contributed by atoms with van der Waals surface area (Å²) in [5.41, 5.74) is 2.37. The molecule has 3 rings (SSSR count). The Labute approximate surface area is 174 Å². The molecule has 0 radical (unpaired) electrons. The van der Waals surface area contributed by atoms with Crippen LogP contribution < -0.4 is 10.6 Å². The van der Waals surface area contributed by atoms with Gasteiger partial charge in [0.05, 0.1) is 11.4 Å². The summed E-state index contributed by atoms with van der Waals surface area (Å²) >= 11 is 6.34. The third-order valence-electron chi connectivity index (χ3n) is 3.77. The zero-order valence-corrected chi connectivity index (χ0v) is 18.1. The Morgan fingerprint density at radius 2 is 1.96 bits per heavy atom. The quantitative estimate of drug-likeness (QED) is 0.563. The normalized spacial score (nSPS) is 10.6. The van der Waals surface area contributed by atoms with E-state index in [1.165, 1.54) is 33.8 Å². The fourth-order valence-electron chi connectivity index (χ4n) is 2.43. The lowest BCUT2D eigenvalue weighted by molar-refractivity contribution is -0.115. The summed E-state index contributed by atoms with van der Waals surface area (Å²) in [5.74, 6) is -0.536. The molecule has 0 spiro atoms. The van der Waals surface area contributed by atoms with Crippen LogP contribution in [0.25, 0.3) is 0 Å². The molecule has 2 heterocycles. The molecule has 0 saturated carbocycles. The molecule has 140 valence electrons. The monoisotopic (exact) mass is 463 g/mol. The number of thiophene rings is 1. The number of thiazole rings is 1. The molecule has 2 N–H and O–H groups in total. The maximum atomic E-state index is 12.0. The number of carbonyl (C=O) groups is 2. The van der Waals surface area contributed by atoms with E-state index in [2.05, 4.69) is 50.6 Å². The lowest BCUT2D eigenvalue weighted by atomic mass is 10.1. The second-order valence-corrected chi connectivity index (χ2v) is 9.29. The molecule has 1 aromatic carbocycles. The number of aromatic nitrogens is 1. The van der Waals surface area contributed by atoms with Crippen molar-refractivity contribution >= 4 is 55.5 Å². The van der Waals surface area contributed by atoms with Crippen LogP contribution in [0, 0.1) is 13.8 Å². The lowest BCUT2D eigenvalue weighted by Crippen LogP contribution is -2.32. The molecule has 0 bridgehead atoms. The van der Waals surface area contributed by atoms with Gasteiger partial charge in [-0.1, -0.05) is 28.1 Å². The summed E-state index contributed by atoms with van der Waals surface area (Å²) in [6.45, 7) is 3.90. The van der Waals surface area contributed by atoms with Crippen LogP contribution in [0.5, 0.6) is 0 Å². The molecule has 0 aliphatic rings. The van der Waals surface area contributed by atoms with Gasteiger partial charge in [0.25, 0.3) is 5.91 Å². The van der Waals surface area contributed by atoms with Gasteiger partial charge >= 0.3 is 0 Å². The fourth-order valence-corrected chi connectivity index (χ4v) is 4.33. The number of nitrogens with zero attached hydrogens (tertiary/aromatic N) is 1. The van der Waals surface area contributed by atoms with Crippen LogP contribution >= 0.6 is 38.6 Å². The molecule has 3 aromatic rings. The average molecular weight is 464 g/mol. The molecule has 27 heavy (non-hydrogen) atoms. The molecule has 0 saturated heterocycles. The Kier molecular flexibility index (Phi) is 6.41.